The van der Waals surface area contributed by atoms with Gasteiger partial charge in [-0.15, -0.1) is 0 Å². The first kappa shape index (κ1) is 21.1. The summed E-state index contributed by atoms with van der Waals surface area (Å²) in [5.41, 5.74) is 1.04. The lowest BCUT2D eigenvalue weighted by atomic mass is 10.2. The van der Waals surface area contributed by atoms with Crippen molar-refractivity contribution in [1.29, 1.82) is 0 Å². The quantitative estimate of drug-likeness (QED) is 0.785. The van der Waals surface area contributed by atoms with Crippen molar-refractivity contribution < 1.29 is 22.3 Å². The molecule has 1 unspecified atom stereocenters. The lowest BCUT2D eigenvalue weighted by Crippen LogP contribution is -2.30. The van der Waals surface area contributed by atoms with E-state index < -0.39 is 27.9 Å². The van der Waals surface area contributed by atoms with E-state index in [-0.39, 0.29) is 15.7 Å². The van der Waals surface area contributed by atoms with Gasteiger partial charge in [-0.2, -0.15) is 0 Å². The van der Waals surface area contributed by atoms with Crippen LogP contribution < -0.4 is 10.1 Å². The van der Waals surface area contributed by atoms with Gasteiger partial charge >= 0.3 is 0 Å². The number of nitrogens with one attached hydrogen (secondary N) is 1. The summed E-state index contributed by atoms with van der Waals surface area (Å²) in [5.74, 6) is -0.849. The van der Waals surface area contributed by atoms with Crippen LogP contribution >= 0.6 is 11.6 Å². The number of sulfonamides is 1. The van der Waals surface area contributed by atoms with Crippen LogP contribution in [0.5, 0.6) is 5.75 Å². The van der Waals surface area contributed by atoms with Crippen LogP contribution in [0.15, 0.2) is 41.3 Å². The van der Waals surface area contributed by atoms with E-state index in [1.165, 1.54) is 45.3 Å². The Hall–Kier alpha value is -2.16. The zero-order valence-electron chi connectivity index (χ0n) is 15.3. The maximum Gasteiger partial charge on any atom is 0.265 e. The molecule has 1 atom stereocenters. The highest BCUT2D eigenvalue weighted by Crippen LogP contribution is 2.26. The molecule has 2 rings (SSSR count). The van der Waals surface area contributed by atoms with Crippen LogP contribution in [0.3, 0.4) is 0 Å². The van der Waals surface area contributed by atoms with Crippen LogP contribution in [0.1, 0.15) is 12.5 Å². The van der Waals surface area contributed by atoms with Gasteiger partial charge < -0.3 is 10.1 Å². The van der Waals surface area contributed by atoms with E-state index in [2.05, 4.69) is 5.32 Å². The number of anilines is 1. The topological polar surface area (TPSA) is 75.7 Å². The number of hydrogen-bond acceptors (Lipinski definition) is 4. The first-order chi connectivity index (χ1) is 12.5. The van der Waals surface area contributed by atoms with Crippen LogP contribution in [-0.2, 0) is 14.8 Å². The minimum atomic E-state index is -3.63. The molecule has 146 valence electrons. The number of carbonyl (C=O) groups is 1. The normalized spacial score (nSPS) is 12.7. The number of aryl methyl sites for hydroxylation is 1. The van der Waals surface area contributed by atoms with Crippen molar-refractivity contribution in [2.45, 2.75) is 24.8 Å². The Labute approximate surface area is 162 Å². The molecule has 0 saturated carbocycles. The first-order valence-corrected chi connectivity index (χ1v) is 9.80. The predicted molar refractivity (Wildman–Crippen MR) is 102 cm³/mol. The molecule has 9 heteroatoms. The highest BCUT2D eigenvalue weighted by molar-refractivity contribution is 7.89. The molecule has 0 spiro atoms. The van der Waals surface area contributed by atoms with Crippen molar-refractivity contribution in [2.24, 2.45) is 0 Å². The fraction of sp³-hybridized carbons (Fsp3) is 0.278. The Morgan fingerprint density at radius 1 is 1.22 bits per heavy atom. The summed E-state index contributed by atoms with van der Waals surface area (Å²) in [6.45, 7) is 3.24. The summed E-state index contributed by atoms with van der Waals surface area (Å²) in [4.78, 5) is 12.5. The molecule has 0 aliphatic rings. The van der Waals surface area contributed by atoms with Crippen LogP contribution in [0.4, 0.5) is 10.1 Å². The zero-order valence-corrected chi connectivity index (χ0v) is 16.9. The van der Waals surface area contributed by atoms with E-state index in [0.717, 1.165) is 10.4 Å². The van der Waals surface area contributed by atoms with Crippen LogP contribution in [0.2, 0.25) is 5.02 Å². The molecule has 0 radical (unpaired) electrons. The SMILES string of the molecule is Cc1ccc(S(=O)(=O)N(C)C)cc1NC(=O)C(C)Oc1ccc(F)cc1Cl. The molecule has 1 amide bonds. The number of carbonyl (C=O) groups excluding carboxylic acids is 1. The summed E-state index contributed by atoms with van der Waals surface area (Å²) < 4.78 is 44.2. The molecular weight excluding hydrogens is 395 g/mol. The second-order valence-corrected chi connectivity index (χ2v) is 8.65. The Bertz CT molecular complexity index is 964. The number of rotatable bonds is 6. The number of amides is 1. The third-order valence-electron chi connectivity index (χ3n) is 3.81. The van der Waals surface area contributed by atoms with Crippen molar-refractivity contribution >= 4 is 33.2 Å². The van der Waals surface area contributed by atoms with Crippen molar-refractivity contribution in [3.63, 3.8) is 0 Å². The fourth-order valence-corrected chi connectivity index (χ4v) is 3.30. The van der Waals surface area contributed by atoms with Crippen molar-refractivity contribution in [3.8, 4) is 5.75 Å². The van der Waals surface area contributed by atoms with Gasteiger partial charge in [0.2, 0.25) is 10.0 Å². The second kappa shape index (κ2) is 8.24. The van der Waals surface area contributed by atoms with Gasteiger partial charge in [0, 0.05) is 19.8 Å². The highest BCUT2D eigenvalue weighted by atomic mass is 35.5. The monoisotopic (exact) mass is 414 g/mol. The lowest BCUT2D eigenvalue weighted by Gasteiger charge is -2.18. The maximum atomic E-state index is 13.1. The van der Waals surface area contributed by atoms with Gasteiger partial charge in [-0.05, 0) is 49.7 Å². The number of nitrogens with zero attached hydrogens (tertiary/aromatic N) is 1. The van der Waals surface area contributed by atoms with Crippen molar-refractivity contribution in [1.82, 2.24) is 4.31 Å². The van der Waals surface area contributed by atoms with Gasteiger partial charge in [-0.25, -0.2) is 17.1 Å². The van der Waals surface area contributed by atoms with Gasteiger partial charge in [-0.1, -0.05) is 17.7 Å². The molecule has 0 aliphatic carbocycles. The minimum Gasteiger partial charge on any atom is -0.479 e. The molecule has 6 nitrogen and oxygen atoms in total. The van der Waals surface area contributed by atoms with E-state index in [1.807, 2.05) is 0 Å². The number of ether oxygens (including phenoxy) is 1. The van der Waals surface area contributed by atoms with E-state index in [1.54, 1.807) is 13.0 Å². The number of benzene rings is 2. The number of hydrogen-bond donors (Lipinski definition) is 1. The molecule has 1 N–H and O–H groups in total. The molecule has 0 saturated heterocycles. The minimum absolute atomic E-state index is 0.0462. The van der Waals surface area contributed by atoms with Crippen LogP contribution in [-0.4, -0.2) is 38.8 Å². The van der Waals surface area contributed by atoms with Crippen molar-refractivity contribution in [2.75, 3.05) is 19.4 Å². The number of halogens is 2. The fourth-order valence-electron chi connectivity index (χ4n) is 2.16. The standard InChI is InChI=1S/C18H20ClFN2O4S/c1-11-5-7-14(27(24,25)22(3)4)10-16(11)21-18(23)12(2)26-17-8-6-13(20)9-15(17)19/h5-10,12H,1-4H3,(H,21,23). The maximum absolute atomic E-state index is 13.1. The second-order valence-electron chi connectivity index (χ2n) is 6.09. The summed E-state index contributed by atoms with van der Waals surface area (Å²) in [6, 6.07) is 8.05. The molecule has 0 bridgehead atoms. The highest BCUT2D eigenvalue weighted by Gasteiger charge is 2.21. The predicted octanol–water partition coefficient (Wildman–Crippen LogP) is 3.44. The van der Waals surface area contributed by atoms with Gasteiger partial charge in [-0.3, -0.25) is 4.79 Å². The average Bonchev–Trinajstić information content (AvgIpc) is 2.58. The smallest absolute Gasteiger partial charge is 0.265 e. The lowest BCUT2D eigenvalue weighted by molar-refractivity contribution is -0.122. The molecule has 0 aliphatic heterocycles. The van der Waals surface area contributed by atoms with Crippen LogP contribution in [0, 0.1) is 12.7 Å². The Morgan fingerprint density at radius 3 is 2.48 bits per heavy atom. The van der Waals surface area contributed by atoms with Gasteiger partial charge in [0.05, 0.1) is 9.92 Å². The molecule has 0 fully saturated rings. The third kappa shape index (κ3) is 4.97. The molecule has 0 heterocycles. The largest absolute Gasteiger partial charge is 0.479 e. The van der Waals surface area contributed by atoms with E-state index in [4.69, 9.17) is 16.3 Å². The Balaban J connectivity index is 2.19. The van der Waals surface area contributed by atoms with E-state index >= 15 is 0 Å². The first-order valence-electron chi connectivity index (χ1n) is 7.98. The summed E-state index contributed by atoms with van der Waals surface area (Å²) in [7, 11) is -0.780. The molecule has 2 aromatic carbocycles. The molecular formula is C18H20ClFN2O4S. The van der Waals surface area contributed by atoms with E-state index in [9.17, 15) is 17.6 Å². The summed E-state index contributed by atoms with van der Waals surface area (Å²) in [5, 5.41) is 2.69. The zero-order chi connectivity index (χ0) is 20.4. The van der Waals surface area contributed by atoms with Crippen LogP contribution in [0.25, 0.3) is 0 Å². The molecule has 27 heavy (non-hydrogen) atoms. The summed E-state index contributed by atoms with van der Waals surface area (Å²) in [6.07, 6.45) is -0.943. The third-order valence-corrected chi connectivity index (χ3v) is 5.92. The van der Waals surface area contributed by atoms with Gasteiger partial charge in [0.1, 0.15) is 11.6 Å². The van der Waals surface area contributed by atoms with Gasteiger partial charge in [0.25, 0.3) is 5.91 Å². The van der Waals surface area contributed by atoms with Gasteiger partial charge in [0.15, 0.2) is 6.10 Å². The average molecular weight is 415 g/mol. The van der Waals surface area contributed by atoms with E-state index in [0.29, 0.717) is 11.3 Å². The summed E-state index contributed by atoms with van der Waals surface area (Å²) >= 11 is 5.90. The van der Waals surface area contributed by atoms with Crippen molar-refractivity contribution in [3.05, 3.63) is 52.8 Å². The molecule has 2 aromatic rings. The Morgan fingerprint density at radius 2 is 1.89 bits per heavy atom. The Kier molecular flexibility index (Phi) is 6.46. The molecule has 0 aromatic heterocycles.